The van der Waals surface area contributed by atoms with Crippen molar-refractivity contribution in [2.45, 2.75) is 32.1 Å². The van der Waals surface area contributed by atoms with E-state index in [1.807, 2.05) is 0 Å². The lowest BCUT2D eigenvalue weighted by Crippen LogP contribution is -2.17. The third kappa shape index (κ3) is 3.31. The van der Waals surface area contributed by atoms with Crippen molar-refractivity contribution in [1.82, 2.24) is 0 Å². The number of hydrogen-bond donors (Lipinski definition) is 2. The minimum atomic E-state index is -3.76. The summed E-state index contributed by atoms with van der Waals surface area (Å²) in [6.45, 7) is 5.16. The zero-order chi connectivity index (χ0) is 16.5. The van der Waals surface area contributed by atoms with Crippen LogP contribution in [0.2, 0.25) is 0 Å². The maximum absolute atomic E-state index is 12.6. The number of nitrogens with one attached hydrogen (secondary N) is 1. The second kappa shape index (κ2) is 6.10. The van der Waals surface area contributed by atoms with Crippen molar-refractivity contribution in [3.05, 3.63) is 45.1 Å². The summed E-state index contributed by atoms with van der Waals surface area (Å²) in [7, 11) is -3.76. The van der Waals surface area contributed by atoms with Gasteiger partial charge in [0.25, 0.3) is 10.0 Å². The first-order valence-corrected chi connectivity index (χ1v) is 9.01. The molecule has 0 atom stereocenters. The summed E-state index contributed by atoms with van der Waals surface area (Å²) in [5.41, 5.74) is 2.93. The molecule has 0 saturated carbocycles. The van der Waals surface area contributed by atoms with Gasteiger partial charge in [-0.05, 0) is 54.5 Å². The zero-order valence-corrected chi connectivity index (χ0v) is 14.1. The highest BCUT2D eigenvalue weighted by molar-refractivity contribution is 7.92. The Bertz CT molecular complexity index is 809. The molecule has 0 saturated heterocycles. The molecule has 22 heavy (non-hydrogen) atoms. The second-order valence-corrected chi connectivity index (χ2v) is 7.53. The third-order valence-corrected chi connectivity index (χ3v) is 5.78. The molecule has 0 fully saturated rings. The maximum atomic E-state index is 12.6. The number of carboxylic acids is 1. The molecule has 0 unspecified atom stereocenters. The molecule has 0 aliphatic rings. The Morgan fingerprint density at radius 2 is 1.95 bits per heavy atom. The summed E-state index contributed by atoms with van der Waals surface area (Å²) in [4.78, 5) is 11.2. The number of anilines is 1. The molecule has 0 spiro atoms. The average Bonchev–Trinajstić information content (AvgIpc) is 2.85. The Labute approximate surface area is 133 Å². The number of hydrogen-bond acceptors (Lipinski definition) is 4. The number of rotatable bonds is 5. The number of thiophene rings is 1. The highest BCUT2D eigenvalue weighted by Gasteiger charge is 2.23. The van der Waals surface area contributed by atoms with Crippen LogP contribution in [-0.2, 0) is 21.2 Å². The van der Waals surface area contributed by atoms with Gasteiger partial charge < -0.3 is 5.11 Å². The molecule has 0 aliphatic heterocycles. The van der Waals surface area contributed by atoms with E-state index < -0.39 is 16.0 Å². The van der Waals surface area contributed by atoms with E-state index in [0.717, 1.165) is 5.56 Å². The van der Waals surface area contributed by atoms with Crippen LogP contribution in [0.4, 0.5) is 5.69 Å². The van der Waals surface area contributed by atoms with Gasteiger partial charge in [-0.3, -0.25) is 9.52 Å². The van der Waals surface area contributed by atoms with Gasteiger partial charge in [0.2, 0.25) is 0 Å². The van der Waals surface area contributed by atoms with E-state index in [-0.39, 0.29) is 11.3 Å². The van der Waals surface area contributed by atoms with Crippen molar-refractivity contribution in [3.8, 4) is 0 Å². The molecule has 118 valence electrons. The fraction of sp³-hybridized carbons (Fsp3) is 0.267. The fourth-order valence-electron chi connectivity index (χ4n) is 2.57. The van der Waals surface area contributed by atoms with E-state index in [4.69, 9.17) is 5.11 Å². The Hall–Kier alpha value is -1.86. The van der Waals surface area contributed by atoms with Gasteiger partial charge in [-0.1, -0.05) is 6.07 Å². The largest absolute Gasteiger partial charge is 0.481 e. The molecular formula is C15H17NO4S2. The number of carboxylic acid groups (broad SMARTS) is 1. The van der Waals surface area contributed by atoms with E-state index >= 15 is 0 Å². The fourth-order valence-corrected chi connectivity index (χ4v) is 4.78. The normalized spacial score (nSPS) is 11.4. The van der Waals surface area contributed by atoms with Gasteiger partial charge in [0.15, 0.2) is 0 Å². The number of sulfonamides is 1. The molecule has 2 rings (SSSR count). The van der Waals surface area contributed by atoms with Gasteiger partial charge in [-0.25, -0.2) is 8.42 Å². The van der Waals surface area contributed by atoms with Gasteiger partial charge in [0, 0.05) is 5.38 Å². The maximum Gasteiger partial charge on any atom is 0.307 e. The van der Waals surface area contributed by atoms with Gasteiger partial charge >= 0.3 is 5.97 Å². The minimum absolute atomic E-state index is 0.153. The Morgan fingerprint density at radius 1 is 1.27 bits per heavy atom. The number of aliphatic carboxylic acids is 1. The molecule has 0 bridgehead atoms. The van der Waals surface area contributed by atoms with Gasteiger partial charge in [0.05, 0.1) is 17.0 Å². The molecular weight excluding hydrogens is 322 g/mol. The van der Waals surface area contributed by atoms with Crippen LogP contribution in [0.1, 0.15) is 22.3 Å². The lowest BCUT2D eigenvalue weighted by atomic mass is 9.97. The molecule has 0 amide bonds. The predicted molar refractivity (Wildman–Crippen MR) is 87.1 cm³/mol. The summed E-state index contributed by atoms with van der Waals surface area (Å²) >= 11 is 1.39. The van der Waals surface area contributed by atoms with Crippen molar-refractivity contribution < 1.29 is 18.3 Å². The minimum Gasteiger partial charge on any atom is -0.481 e. The Kier molecular flexibility index (Phi) is 4.58. The van der Waals surface area contributed by atoms with E-state index in [1.54, 1.807) is 43.7 Å². The van der Waals surface area contributed by atoms with Crippen molar-refractivity contribution >= 4 is 33.0 Å². The summed E-state index contributed by atoms with van der Waals surface area (Å²) < 4.78 is 27.8. The van der Waals surface area contributed by atoms with E-state index in [0.29, 0.717) is 22.4 Å². The average molecular weight is 339 g/mol. The molecule has 0 aliphatic carbocycles. The Morgan fingerprint density at radius 3 is 2.50 bits per heavy atom. The highest BCUT2D eigenvalue weighted by Crippen LogP contribution is 2.28. The molecule has 1 aromatic heterocycles. The number of carbonyl (C=O) groups is 1. The van der Waals surface area contributed by atoms with Crippen LogP contribution >= 0.6 is 11.3 Å². The smallest absolute Gasteiger partial charge is 0.307 e. The molecule has 0 radical (unpaired) electrons. The number of benzene rings is 1. The SMILES string of the molecule is Cc1cc(C)c(S(=O)(=O)Nc2ccsc2)c(C)c1CC(=O)O. The zero-order valence-electron chi connectivity index (χ0n) is 12.5. The molecule has 1 aromatic carbocycles. The van der Waals surface area contributed by atoms with Crippen LogP contribution in [0.25, 0.3) is 0 Å². The monoisotopic (exact) mass is 339 g/mol. The quantitative estimate of drug-likeness (QED) is 0.877. The van der Waals surface area contributed by atoms with Crippen LogP contribution in [0, 0.1) is 20.8 Å². The van der Waals surface area contributed by atoms with Gasteiger partial charge in [-0.15, -0.1) is 0 Å². The summed E-state index contributed by atoms with van der Waals surface area (Å²) in [6, 6.07) is 3.40. The van der Waals surface area contributed by atoms with Crippen molar-refractivity contribution in [3.63, 3.8) is 0 Å². The summed E-state index contributed by atoms with van der Waals surface area (Å²) in [5, 5.41) is 12.5. The standard InChI is InChI=1S/C15H17NO4S2/c1-9-6-10(2)15(11(3)13(9)7-14(17)18)22(19,20)16-12-4-5-21-8-12/h4-6,8,16H,7H2,1-3H3,(H,17,18). The van der Waals surface area contributed by atoms with Crippen LogP contribution in [0.5, 0.6) is 0 Å². The van der Waals surface area contributed by atoms with Crippen molar-refractivity contribution in [1.29, 1.82) is 0 Å². The highest BCUT2D eigenvalue weighted by atomic mass is 32.2. The number of aryl methyl sites for hydroxylation is 2. The molecule has 1 heterocycles. The van der Waals surface area contributed by atoms with Crippen LogP contribution < -0.4 is 4.72 Å². The predicted octanol–water partition coefficient (Wildman–Crippen LogP) is 3.10. The van der Waals surface area contributed by atoms with Crippen molar-refractivity contribution in [2.24, 2.45) is 0 Å². The summed E-state index contributed by atoms with van der Waals surface area (Å²) in [6.07, 6.45) is -0.196. The van der Waals surface area contributed by atoms with Crippen LogP contribution in [0.15, 0.2) is 27.8 Å². The second-order valence-electron chi connectivity index (χ2n) is 5.13. The first-order valence-electron chi connectivity index (χ1n) is 6.59. The van der Waals surface area contributed by atoms with Crippen LogP contribution in [0.3, 0.4) is 0 Å². The lowest BCUT2D eigenvalue weighted by molar-refractivity contribution is -0.136. The van der Waals surface area contributed by atoms with Gasteiger partial charge in [0.1, 0.15) is 0 Å². The molecule has 2 aromatic rings. The first kappa shape index (κ1) is 16.5. The Balaban J connectivity index is 2.57. The topological polar surface area (TPSA) is 83.5 Å². The van der Waals surface area contributed by atoms with Gasteiger partial charge in [-0.2, -0.15) is 11.3 Å². The van der Waals surface area contributed by atoms with Crippen LogP contribution in [-0.4, -0.2) is 19.5 Å². The van der Waals surface area contributed by atoms with E-state index in [9.17, 15) is 13.2 Å². The van der Waals surface area contributed by atoms with E-state index in [1.165, 1.54) is 11.3 Å². The van der Waals surface area contributed by atoms with E-state index in [2.05, 4.69) is 4.72 Å². The third-order valence-electron chi connectivity index (χ3n) is 3.43. The molecule has 5 nitrogen and oxygen atoms in total. The van der Waals surface area contributed by atoms with Crippen molar-refractivity contribution in [2.75, 3.05) is 4.72 Å². The molecule has 2 N–H and O–H groups in total. The first-order chi connectivity index (χ1) is 10.2. The summed E-state index contributed by atoms with van der Waals surface area (Å²) in [5.74, 6) is -0.982. The lowest BCUT2D eigenvalue weighted by Gasteiger charge is -2.17. The molecule has 7 heteroatoms.